The summed E-state index contributed by atoms with van der Waals surface area (Å²) < 4.78 is 0. The van der Waals surface area contributed by atoms with Gasteiger partial charge in [0.15, 0.2) is 0 Å². The van der Waals surface area contributed by atoms with Crippen LogP contribution in [0.2, 0.25) is 0 Å². The molecular weight excluding hydrogens is 399 g/mol. The van der Waals surface area contributed by atoms with Crippen LogP contribution in [0.25, 0.3) is 11.1 Å². The van der Waals surface area contributed by atoms with E-state index in [-0.39, 0.29) is 37.1 Å². The third-order valence-corrected chi connectivity index (χ3v) is 2.54. The fourth-order valence-corrected chi connectivity index (χ4v) is 1.66. The summed E-state index contributed by atoms with van der Waals surface area (Å²) in [4.78, 5) is 0. The van der Waals surface area contributed by atoms with E-state index in [0.29, 0.717) is 5.75 Å². The molecule has 0 radical (unpaired) electrons. The van der Waals surface area contributed by atoms with Crippen molar-refractivity contribution in [1.29, 1.82) is 0 Å². The number of hydrogen-bond acceptors (Lipinski definition) is 1. The molecule has 0 unspecified atom stereocenters. The Balaban J connectivity index is -0.0000000981. The zero-order chi connectivity index (χ0) is 15.3. The fourth-order valence-electron chi connectivity index (χ4n) is 1.66. The molecule has 26 heavy (non-hydrogen) atoms. The molecule has 0 heterocycles. The zero-order valence-electron chi connectivity index (χ0n) is 16.3. The van der Waals surface area contributed by atoms with E-state index >= 15 is 0 Å². The Kier molecular flexibility index (Phi) is 33.0. The van der Waals surface area contributed by atoms with Crippen molar-refractivity contribution in [2.24, 2.45) is 0 Å². The molecule has 3 aromatic rings. The molecule has 4 heteroatoms. The van der Waals surface area contributed by atoms with E-state index in [1.807, 2.05) is 78.9 Å². The van der Waals surface area contributed by atoms with Gasteiger partial charge in [0, 0.05) is 5.56 Å². The van der Waals surface area contributed by atoms with Gasteiger partial charge in [0.2, 0.25) is 0 Å². The van der Waals surface area contributed by atoms with Crippen LogP contribution in [0.5, 0.6) is 5.75 Å². The first-order chi connectivity index (χ1) is 10.3. The number of rotatable bonds is 1. The van der Waals surface area contributed by atoms with Gasteiger partial charge < -0.3 is 42.2 Å². The second-order valence-corrected chi connectivity index (χ2v) is 6.50. The van der Waals surface area contributed by atoms with Crippen LogP contribution >= 0.6 is 18.6 Å². The molecule has 1 nitrogen and oxygen atoms in total. The summed E-state index contributed by atoms with van der Waals surface area (Å²) in [6, 6.07) is 27.2. The molecule has 0 fully saturated rings. The summed E-state index contributed by atoms with van der Waals surface area (Å²) in [5, 5.41) is 9.56. The van der Waals surface area contributed by atoms with E-state index < -0.39 is 17.0 Å². The standard InChI is InChI=1S/C12H10O.C5H5.5CH3.2ClH.Ti/c13-12-9-5-4-8-11(12)10-6-2-1-3-7-10;1-2-4-5-3-1;;;;;;;;/h1-9,13H;1-5H;5*1H3;2*1H;/q;6*-1;;;+2/p-2. The average Bonchev–Trinajstić information content (AvgIpc) is 3.09. The molecule has 0 spiro atoms. The van der Waals surface area contributed by atoms with E-state index in [1.165, 1.54) is 0 Å². The predicted molar refractivity (Wildman–Crippen MR) is 119 cm³/mol. The van der Waals surface area contributed by atoms with Crippen LogP contribution in [0.4, 0.5) is 0 Å². The molecule has 0 aromatic heterocycles. The van der Waals surface area contributed by atoms with Gasteiger partial charge in [0.25, 0.3) is 0 Å². The Morgan fingerprint density at radius 1 is 0.654 bits per heavy atom. The van der Waals surface area contributed by atoms with Crippen LogP contribution in [0, 0.1) is 37.1 Å². The molecule has 0 aliphatic heterocycles. The molecule has 3 rings (SSSR count). The molecular formula is C22H30Cl2OTi-6. The number of benzene rings is 2. The summed E-state index contributed by atoms with van der Waals surface area (Å²) in [6.07, 6.45) is 0. The van der Waals surface area contributed by atoms with E-state index in [4.69, 9.17) is 18.6 Å². The first-order valence-corrected chi connectivity index (χ1v) is 10.6. The van der Waals surface area contributed by atoms with Crippen LogP contribution in [0.15, 0.2) is 84.9 Å². The fraction of sp³-hybridized carbons (Fsp3) is 0. The van der Waals surface area contributed by atoms with E-state index in [1.54, 1.807) is 6.07 Å². The minimum Gasteiger partial charge on any atom is -0.214 e. The minimum atomic E-state index is -0.556. The molecule has 148 valence electrons. The molecule has 0 aliphatic carbocycles. The second kappa shape index (κ2) is 23.9. The number of para-hydroxylation sites is 1. The topological polar surface area (TPSA) is 20.2 Å². The molecule has 0 amide bonds. The molecule has 0 bridgehead atoms. The molecule has 1 N–H and O–H groups in total. The van der Waals surface area contributed by atoms with Crippen molar-refractivity contribution in [3.05, 3.63) is 122 Å². The van der Waals surface area contributed by atoms with Gasteiger partial charge >= 0.3 is 35.6 Å². The van der Waals surface area contributed by atoms with Crippen molar-refractivity contribution in [2.75, 3.05) is 0 Å². The molecule has 0 atom stereocenters. The van der Waals surface area contributed by atoms with Crippen molar-refractivity contribution in [3.63, 3.8) is 0 Å². The number of phenolic OH excluding ortho intramolecular Hbond substituents is 1. The maximum absolute atomic E-state index is 9.56. The molecule has 3 aromatic carbocycles. The van der Waals surface area contributed by atoms with Crippen molar-refractivity contribution in [1.82, 2.24) is 0 Å². The summed E-state index contributed by atoms with van der Waals surface area (Å²) in [5.41, 5.74) is 1.92. The van der Waals surface area contributed by atoms with Gasteiger partial charge in [-0.2, -0.15) is 18.2 Å². The van der Waals surface area contributed by atoms with Crippen molar-refractivity contribution < 1.29 is 22.1 Å². The largest absolute Gasteiger partial charge is 0.214 e. The van der Waals surface area contributed by atoms with Crippen LogP contribution in [-0.4, -0.2) is 5.11 Å². The van der Waals surface area contributed by atoms with Crippen LogP contribution in [0.1, 0.15) is 0 Å². The van der Waals surface area contributed by atoms with Gasteiger partial charge in [-0.25, -0.2) is 12.1 Å². The number of aromatic hydroxyl groups is 1. The molecule has 0 saturated heterocycles. The monoisotopic (exact) mass is 428 g/mol. The van der Waals surface area contributed by atoms with Gasteiger partial charge in [0.05, 0.1) is 0 Å². The van der Waals surface area contributed by atoms with Crippen molar-refractivity contribution >= 4 is 18.6 Å². The van der Waals surface area contributed by atoms with Gasteiger partial charge in [-0.05, 0) is 11.6 Å². The third kappa shape index (κ3) is 15.2. The number of hydrogen-bond donors (Lipinski definition) is 1. The molecule has 0 aliphatic rings. The summed E-state index contributed by atoms with van der Waals surface area (Å²) in [6.45, 7) is 0. The van der Waals surface area contributed by atoms with Gasteiger partial charge in [0.1, 0.15) is 5.75 Å². The van der Waals surface area contributed by atoms with E-state index in [2.05, 4.69) is 0 Å². The van der Waals surface area contributed by atoms with E-state index in [9.17, 15) is 5.11 Å². The summed E-state index contributed by atoms with van der Waals surface area (Å²) in [7, 11) is 9.78. The van der Waals surface area contributed by atoms with Crippen LogP contribution in [-0.2, 0) is 17.0 Å². The summed E-state index contributed by atoms with van der Waals surface area (Å²) in [5.74, 6) is 0.328. The van der Waals surface area contributed by atoms with Crippen molar-refractivity contribution in [3.8, 4) is 16.9 Å². The number of halogens is 2. The Morgan fingerprint density at radius 2 is 1.08 bits per heavy atom. The first-order valence-electron chi connectivity index (χ1n) is 6.26. The average molecular weight is 429 g/mol. The minimum absolute atomic E-state index is 0. The first kappa shape index (κ1) is 35.9. The second-order valence-electron chi connectivity index (χ2n) is 3.92. The summed E-state index contributed by atoms with van der Waals surface area (Å²) >= 11 is -0.556. The Bertz CT molecular complexity index is 567. The normalized spacial score (nSPS) is 7.00. The Labute approximate surface area is 179 Å². The quantitative estimate of drug-likeness (QED) is 0.306. The molecule has 0 saturated carbocycles. The van der Waals surface area contributed by atoms with Gasteiger partial charge in [-0.3, -0.25) is 0 Å². The smallest absolute Gasteiger partial charge is 0.172 e. The SMILES string of the molecule is Oc1ccccc1-c1ccccc1.[CH3-].[CH3-].[CH3-].[CH3-].[CH3-].[Cl][Ti][Cl].c1cc[cH-]c1. The zero-order valence-corrected chi connectivity index (χ0v) is 19.4. The maximum atomic E-state index is 9.56. The predicted octanol–water partition coefficient (Wildman–Crippen LogP) is 8.09. The Morgan fingerprint density at radius 3 is 1.46 bits per heavy atom. The van der Waals surface area contributed by atoms with E-state index in [0.717, 1.165) is 11.1 Å². The van der Waals surface area contributed by atoms with Crippen LogP contribution < -0.4 is 0 Å². The van der Waals surface area contributed by atoms with Crippen molar-refractivity contribution in [2.45, 2.75) is 0 Å². The maximum Gasteiger partial charge on any atom is -0.172 e. The van der Waals surface area contributed by atoms with Crippen LogP contribution in [0.3, 0.4) is 0 Å². The van der Waals surface area contributed by atoms with Gasteiger partial charge in [-0.15, -0.1) is 0 Å². The number of phenols is 1. The van der Waals surface area contributed by atoms with Gasteiger partial charge in [-0.1, -0.05) is 48.5 Å². The third-order valence-electron chi connectivity index (χ3n) is 2.54. The Hall–Kier alpha value is -1.12.